The summed E-state index contributed by atoms with van der Waals surface area (Å²) < 4.78 is 0. The zero-order valence-electron chi connectivity index (χ0n) is 12.2. The lowest BCUT2D eigenvalue weighted by atomic mass is 9.87. The summed E-state index contributed by atoms with van der Waals surface area (Å²) in [7, 11) is 0. The first-order valence-corrected chi connectivity index (χ1v) is 7.43. The van der Waals surface area contributed by atoms with E-state index < -0.39 is 11.4 Å². The molecule has 0 spiro atoms. The summed E-state index contributed by atoms with van der Waals surface area (Å²) >= 11 is 0. The minimum Gasteiger partial charge on any atom is -0.368 e. The minimum atomic E-state index is -1.10. The number of hydrogen-bond donors (Lipinski definition) is 2. The topological polar surface area (TPSA) is 72.3 Å². The summed E-state index contributed by atoms with van der Waals surface area (Å²) in [5, 5.41) is 0. The normalized spacial score (nSPS) is 23.2. The van der Waals surface area contributed by atoms with Crippen molar-refractivity contribution in [3.05, 3.63) is 35.9 Å². The maximum atomic E-state index is 11.9. The van der Waals surface area contributed by atoms with Crippen molar-refractivity contribution in [2.75, 3.05) is 19.6 Å². The molecule has 1 saturated heterocycles. The molecule has 4 heteroatoms. The minimum absolute atomic E-state index is 0.456. The van der Waals surface area contributed by atoms with Gasteiger partial charge in [0, 0.05) is 13.1 Å². The Morgan fingerprint density at radius 2 is 2.10 bits per heavy atom. The van der Waals surface area contributed by atoms with E-state index in [-0.39, 0.29) is 0 Å². The zero-order valence-corrected chi connectivity index (χ0v) is 12.2. The molecule has 2 atom stereocenters. The first-order chi connectivity index (χ1) is 9.56. The van der Waals surface area contributed by atoms with Gasteiger partial charge in [-0.25, -0.2) is 0 Å². The Hall–Kier alpha value is -1.39. The van der Waals surface area contributed by atoms with E-state index in [4.69, 9.17) is 11.5 Å². The van der Waals surface area contributed by atoms with Gasteiger partial charge in [-0.2, -0.15) is 0 Å². The number of benzene rings is 1. The van der Waals surface area contributed by atoms with Crippen molar-refractivity contribution < 1.29 is 4.79 Å². The Labute approximate surface area is 121 Å². The van der Waals surface area contributed by atoms with Crippen molar-refractivity contribution in [3.8, 4) is 0 Å². The molecule has 2 unspecified atom stereocenters. The molecule has 110 valence electrons. The van der Waals surface area contributed by atoms with Crippen molar-refractivity contribution in [1.29, 1.82) is 0 Å². The second-order valence-electron chi connectivity index (χ2n) is 5.85. The third-order valence-corrected chi connectivity index (χ3v) is 4.38. The Morgan fingerprint density at radius 3 is 2.70 bits per heavy atom. The van der Waals surface area contributed by atoms with E-state index in [1.165, 1.54) is 19.3 Å². The summed E-state index contributed by atoms with van der Waals surface area (Å²) in [5.74, 6) is 0.249. The molecule has 0 aliphatic carbocycles. The van der Waals surface area contributed by atoms with Crippen LogP contribution in [0.1, 0.15) is 31.7 Å². The van der Waals surface area contributed by atoms with Gasteiger partial charge in [0.15, 0.2) is 0 Å². The quantitative estimate of drug-likeness (QED) is 0.854. The van der Waals surface area contributed by atoms with E-state index in [0.29, 0.717) is 12.5 Å². The van der Waals surface area contributed by atoms with Crippen molar-refractivity contribution in [3.63, 3.8) is 0 Å². The highest BCUT2D eigenvalue weighted by Crippen LogP contribution is 2.24. The van der Waals surface area contributed by atoms with E-state index in [1.54, 1.807) is 0 Å². The number of piperidine rings is 1. The molecule has 1 aliphatic heterocycles. The van der Waals surface area contributed by atoms with E-state index in [0.717, 1.165) is 18.7 Å². The van der Waals surface area contributed by atoms with Crippen molar-refractivity contribution in [1.82, 2.24) is 4.90 Å². The predicted molar refractivity (Wildman–Crippen MR) is 81.0 cm³/mol. The fourth-order valence-corrected chi connectivity index (χ4v) is 3.03. The standard InChI is InChI=1S/C16H25N3O/c1-2-13-7-6-10-19(11-13)12-16(18,15(17)20)14-8-4-3-5-9-14/h3-5,8-9,13H,2,6-7,10-12,18H2,1H3,(H2,17,20). The molecule has 0 radical (unpaired) electrons. The first-order valence-electron chi connectivity index (χ1n) is 7.43. The van der Waals surface area contributed by atoms with Crippen LogP contribution in [0.3, 0.4) is 0 Å². The van der Waals surface area contributed by atoms with E-state index in [9.17, 15) is 4.79 Å². The molecular weight excluding hydrogens is 250 g/mol. The summed E-state index contributed by atoms with van der Waals surface area (Å²) in [6.07, 6.45) is 3.62. The van der Waals surface area contributed by atoms with Crippen LogP contribution in [0.2, 0.25) is 0 Å². The van der Waals surface area contributed by atoms with Gasteiger partial charge in [0.1, 0.15) is 5.54 Å². The van der Waals surface area contributed by atoms with Crippen LogP contribution >= 0.6 is 0 Å². The summed E-state index contributed by atoms with van der Waals surface area (Å²) in [6, 6.07) is 9.47. The number of hydrogen-bond acceptors (Lipinski definition) is 3. The van der Waals surface area contributed by atoms with E-state index in [1.807, 2.05) is 30.3 Å². The van der Waals surface area contributed by atoms with Crippen LogP contribution in [0.15, 0.2) is 30.3 Å². The molecule has 0 saturated carbocycles. The lowest BCUT2D eigenvalue weighted by Gasteiger charge is -2.38. The van der Waals surface area contributed by atoms with E-state index in [2.05, 4.69) is 11.8 Å². The van der Waals surface area contributed by atoms with Crippen molar-refractivity contribution in [2.45, 2.75) is 31.7 Å². The van der Waals surface area contributed by atoms with Gasteiger partial charge in [0.2, 0.25) is 5.91 Å². The largest absolute Gasteiger partial charge is 0.368 e. The van der Waals surface area contributed by atoms with Gasteiger partial charge in [-0.05, 0) is 30.9 Å². The molecule has 0 bridgehead atoms. The average Bonchev–Trinajstić information content (AvgIpc) is 2.48. The number of nitrogens with two attached hydrogens (primary N) is 2. The van der Waals surface area contributed by atoms with Crippen LogP contribution in [0.25, 0.3) is 0 Å². The molecular formula is C16H25N3O. The lowest BCUT2D eigenvalue weighted by Crippen LogP contribution is -2.57. The second kappa shape index (κ2) is 6.37. The number of likely N-dealkylation sites (tertiary alicyclic amines) is 1. The van der Waals surface area contributed by atoms with Gasteiger partial charge in [-0.15, -0.1) is 0 Å². The summed E-state index contributed by atoms with van der Waals surface area (Å²) in [5.41, 5.74) is 11.7. The molecule has 1 aromatic rings. The van der Waals surface area contributed by atoms with Gasteiger partial charge >= 0.3 is 0 Å². The Morgan fingerprint density at radius 1 is 1.40 bits per heavy atom. The molecule has 1 aromatic carbocycles. The highest BCUT2D eigenvalue weighted by molar-refractivity contribution is 5.86. The summed E-state index contributed by atoms with van der Waals surface area (Å²) in [6.45, 7) is 4.73. The van der Waals surface area contributed by atoms with Crippen LogP contribution in [-0.4, -0.2) is 30.4 Å². The molecule has 1 fully saturated rings. The number of carbonyl (C=O) groups is 1. The van der Waals surface area contributed by atoms with Gasteiger partial charge in [0.05, 0.1) is 0 Å². The number of rotatable bonds is 5. The molecule has 20 heavy (non-hydrogen) atoms. The van der Waals surface area contributed by atoms with Gasteiger partial charge in [-0.1, -0.05) is 43.7 Å². The Balaban J connectivity index is 2.15. The third-order valence-electron chi connectivity index (χ3n) is 4.38. The average molecular weight is 275 g/mol. The highest BCUT2D eigenvalue weighted by atomic mass is 16.1. The second-order valence-corrected chi connectivity index (χ2v) is 5.85. The molecule has 2 rings (SSSR count). The van der Waals surface area contributed by atoms with Gasteiger partial charge in [0.25, 0.3) is 0 Å². The number of carbonyl (C=O) groups excluding carboxylic acids is 1. The maximum absolute atomic E-state index is 11.9. The fraction of sp³-hybridized carbons (Fsp3) is 0.562. The highest BCUT2D eigenvalue weighted by Gasteiger charge is 2.37. The molecule has 1 aliphatic rings. The van der Waals surface area contributed by atoms with Gasteiger partial charge < -0.3 is 16.4 Å². The van der Waals surface area contributed by atoms with Crippen molar-refractivity contribution >= 4 is 5.91 Å². The smallest absolute Gasteiger partial charge is 0.243 e. The zero-order chi connectivity index (χ0) is 14.6. The Bertz CT molecular complexity index is 448. The number of primary amides is 1. The van der Waals surface area contributed by atoms with Crippen LogP contribution in [-0.2, 0) is 10.3 Å². The van der Waals surface area contributed by atoms with E-state index >= 15 is 0 Å². The first kappa shape index (κ1) is 15.0. The van der Waals surface area contributed by atoms with Crippen LogP contribution in [0, 0.1) is 5.92 Å². The monoisotopic (exact) mass is 275 g/mol. The van der Waals surface area contributed by atoms with Crippen molar-refractivity contribution in [2.24, 2.45) is 17.4 Å². The third kappa shape index (κ3) is 3.19. The molecule has 0 aromatic heterocycles. The van der Waals surface area contributed by atoms with Gasteiger partial charge in [-0.3, -0.25) is 4.79 Å². The van der Waals surface area contributed by atoms with Crippen LogP contribution < -0.4 is 11.5 Å². The molecule has 1 amide bonds. The number of nitrogens with zero attached hydrogens (tertiary/aromatic N) is 1. The predicted octanol–water partition coefficient (Wildman–Crippen LogP) is 1.45. The SMILES string of the molecule is CCC1CCCN(CC(N)(C(N)=O)c2ccccc2)C1. The summed E-state index contributed by atoms with van der Waals surface area (Å²) in [4.78, 5) is 14.2. The fourth-order valence-electron chi connectivity index (χ4n) is 3.03. The number of amides is 1. The lowest BCUT2D eigenvalue weighted by molar-refractivity contribution is -0.124. The van der Waals surface area contributed by atoms with Crippen LogP contribution in [0.4, 0.5) is 0 Å². The molecule has 4 N–H and O–H groups in total. The molecule has 4 nitrogen and oxygen atoms in total. The molecule has 1 heterocycles. The Kier molecular flexibility index (Phi) is 4.78. The maximum Gasteiger partial charge on any atom is 0.243 e. The van der Waals surface area contributed by atoms with Crippen LogP contribution in [0.5, 0.6) is 0 Å².